The molecular formula is C26H31N5O9. The smallest absolute Gasteiger partial charge is 0.326 e. The molecule has 14 heteroatoms. The van der Waals surface area contributed by atoms with Gasteiger partial charge in [-0.05, 0) is 29.7 Å². The van der Waals surface area contributed by atoms with Gasteiger partial charge in [-0.3, -0.25) is 24.0 Å². The van der Waals surface area contributed by atoms with Crippen LogP contribution in [0.25, 0.3) is 0 Å². The summed E-state index contributed by atoms with van der Waals surface area (Å²) in [6, 6.07) is 10.9. The molecule has 0 bridgehead atoms. The van der Waals surface area contributed by atoms with Gasteiger partial charge < -0.3 is 42.3 Å². The van der Waals surface area contributed by atoms with Crippen LogP contribution in [0.4, 0.5) is 0 Å². The minimum absolute atomic E-state index is 0.0328. The number of rotatable bonds is 15. The number of benzene rings is 2. The molecule has 0 saturated heterocycles. The van der Waals surface area contributed by atoms with E-state index in [0.717, 1.165) is 0 Å². The Bertz CT molecular complexity index is 1200. The second kappa shape index (κ2) is 15.4. The van der Waals surface area contributed by atoms with Gasteiger partial charge in [-0.1, -0.05) is 42.5 Å². The molecule has 0 aliphatic carbocycles. The monoisotopic (exact) mass is 557 g/mol. The lowest BCUT2D eigenvalue weighted by atomic mass is 10.0. The zero-order valence-electron chi connectivity index (χ0n) is 21.3. The molecule has 2 aromatic carbocycles. The minimum Gasteiger partial charge on any atom is -0.508 e. The maximum absolute atomic E-state index is 12.8. The zero-order valence-corrected chi connectivity index (χ0v) is 21.3. The number of hydrogen-bond donors (Lipinski definition) is 8. The molecule has 0 aromatic heterocycles. The van der Waals surface area contributed by atoms with Crippen LogP contribution >= 0.6 is 0 Å². The summed E-state index contributed by atoms with van der Waals surface area (Å²) in [5.41, 5.74) is 7.28. The minimum atomic E-state index is -1.69. The number of phenolic OH excluding ortho intramolecular Hbond substituents is 1. The van der Waals surface area contributed by atoms with Crippen molar-refractivity contribution in [2.45, 2.75) is 37.4 Å². The lowest BCUT2D eigenvalue weighted by Crippen LogP contribution is -2.53. The fraction of sp³-hybridized carbons (Fsp3) is 0.308. The van der Waals surface area contributed by atoms with Gasteiger partial charge in [0.2, 0.25) is 23.6 Å². The Morgan fingerprint density at radius 1 is 0.700 bits per heavy atom. The van der Waals surface area contributed by atoms with Crippen LogP contribution < -0.4 is 27.0 Å². The van der Waals surface area contributed by atoms with Crippen molar-refractivity contribution < 1.29 is 44.1 Å². The molecule has 14 nitrogen and oxygen atoms in total. The molecular weight excluding hydrogens is 526 g/mol. The molecule has 0 spiro atoms. The highest BCUT2D eigenvalue weighted by atomic mass is 16.4. The summed E-state index contributed by atoms with van der Waals surface area (Å²) in [6.07, 6.45) is -0.666. The third-order valence-electron chi connectivity index (χ3n) is 5.52. The first kappa shape index (κ1) is 31.2. The summed E-state index contributed by atoms with van der Waals surface area (Å²) in [4.78, 5) is 71.7. The van der Waals surface area contributed by atoms with E-state index in [-0.39, 0.29) is 18.6 Å². The number of phenols is 1. The third kappa shape index (κ3) is 11.2. The second-order valence-electron chi connectivity index (χ2n) is 8.78. The molecule has 40 heavy (non-hydrogen) atoms. The molecule has 0 heterocycles. The molecule has 0 fully saturated rings. The van der Waals surface area contributed by atoms with Crippen molar-refractivity contribution in [1.29, 1.82) is 0 Å². The van der Waals surface area contributed by atoms with Crippen LogP contribution in [0.15, 0.2) is 54.6 Å². The average molecular weight is 558 g/mol. The number of aromatic hydroxyl groups is 1. The number of carboxylic acid groups (broad SMARTS) is 2. The zero-order chi connectivity index (χ0) is 29.7. The fourth-order valence-electron chi connectivity index (χ4n) is 3.49. The van der Waals surface area contributed by atoms with Gasteiger partial charge in [0, 0.05) is 6.42 Å². The average Bonchev–Trinajstić information content (AvgIpc) is 2.91. The maximum Gasteiger partial charge on any atom is 0.326 e. The molecule has 0 saturated carbocycles. The van der Waals surface area contributed by atoms with Gasteiger partial charge in [0.15, 0.2) is 0 Å². The highest BCUT2D eigenvalue weighted by Gasteiger charge is 2.25. The summed E-state index contributed by atoms with van der Waals surface area (Å²) in [5.74, 6) is -5.96. The molecule has 3 unspecified atom stereocenters. The lowest BCUT2D eigenvalue weighted by Gasteiger charge is -2.20. The first-order valence-electron chi connectivity index (χ1n) is 12.1. The van der Waals surface area contributed by atoms with Crippen molar-refractivity contribution in [3.8, 4) is 5.75 Å². The third-order valence-corrected chi connectivity index (χ3v) is 5.52. The van der Waals surface area contributed by atoms with Crippen LogP contribution in [0.5, 0.6) is 5.75 Å². The molecule has 0 aliphatic heterocycles. The maximum atomic E-state index is 12.8. The van der Waals surface area contributed by atoms with Gasteiger partial charge in [-0.15, -0.1) is 0 Å². The second-order valence-corrected chi connectivity index (χ2v) is 8.78. The van der Waals surface area contributed by atoms with Crippen molar-refractivity contribution in [3.63, 3.8) is 0 Å². The van der Waals surface area contributed by atoms with E-state index in [2.05, 4.69) is 16.0 Å². The molecule has 2 aromatic rings. The molecule has 0 aliphatic rings. The molecule has 214 valence electrons. The Morgan fingerprint density at radius 2 is 1.23 bits per heavy atom. The van der Waals surface area contributed by atoms with E-state index >= 15 is 0 Å². The highest BCUT2D eigenvalue weighted by molar-refractivity contribution is 5.93. The molecule has 4 amide bonds. The van der Waals surface area contributed by atoms with Gasteiger partial charge in [0.25, 0.3) is 0 Å². The molecule has 9 N–H and O–H groups in total. The van der Waals surface area contributed by atoms with Crippen molar-refractivity contribution >= 4 is 35.6 Å². The van der Waals surface area contributed by atoms with Crippen LogP contribution in [0.1, 0.15) is 17.5 Å². The van der Waals surface area contributed by atoms with Crippen LogP contribution in [0, 0.1) is 0 Å². The van der Waals surface area contributed by atoms with Crippen LogP contribution in [-0.2, 0) is 41.6 Å². The molecule has 3 atom stereocenters. The van der Waals surface area contributed by atoms with Gasteiger partial charge >= 0.3 is 11.9 Å². The summed E-state index contributed by atoms with van der Waals surface area (Å²) in [6.45, 7) is -1.16. The van der Waals surface area contributed by atoms with Gasteiger partial charge in [-0.25, -0.2) is 4.79 Å². The van der Waals surface area contributed by atoms with Gasteiger partial charge in [0.1, 0.15) is 17.8 Å². The number of carbonyl (C=O) groups is 6. The normalized spacial score (nSPS) is 12.7. The van der Waals surface area contributed by atoms with E-state index in [4.69, 9.17) is 15.9 Å². The summed E-state index contributed by atoms with van der Waals surface area (Å²) >= 11 is 0. The van der Waals surface area contributed by atoms with Crippen molar-refractivity contribution in [1.82, 2.24) is 21.3 Å². The Labute approximate surface area is 228 Å². The Kier molecular flexibility index (Phi) is 12.1. The largest absolute Gasteiger partial charge is 0.508 e. The summed E-state index contributed by atoms with van der Waals surface area (Å²) < 4.78 is 0. The number of hydrogen-bond acceptors (Lipinski definition) is 8. The van der Waals surface area contributed by atoms with E-state index in [1.165, 1.54) is 12.1 Å². The SMILES string of the molecule is NC(Cc1ccc(O)cc1)C(=O)NCC(=O)NC(Cc1ccccc1)C(=O)NCC(=O)NC(CC(=O)O)C(=O)O. The summed E-state index contributed by atoms with van der Waals surface area (Å²) in [7, 11) is 0. The number of carboxylic acids is 2. The molecule has 2 rings (SSSR count). The van der Waals surface area contributed by atoms with E-state index in [1.54, 1.807) is 42.5 Å². The first-order chi connectivity index (χ1) is 18.9. The molecule has 0 radical (unpaired) electrons. The van der Waals surface area contributed by atoms with Crippen LogP contribution in [-0.4, -0.2) is 82.1 Å². The van der Waals surface area contributed by atoms with Gasteiger partial charge in [-0.2, -0.15) is 0 Å². The number of aliphatic carboxylic acids is 2. The quantitative estimate of drug-likeness (QED) is 0.123. The van der Waals surface area contributed by atoms with Gasteiger partial charge in [0.05, 0.1) is 25.6 Å². The Hall–Kier alpha value is -4.98. The topological polar surface area (TPSA) is 237 Å². The first-order valence-corrected chi connectivity index (χ1v) is 12.1. The van der Waals surface area contributed by atoms with E-state index in [9.17, 15) is 33.9 Å². The predicted molar refractivity (Wildman–Crippen MR) is 140 cm³/mol. The Balaban J connectivity index is 1.94. The van der Waals surface area contributed by atoms with E-state index in [1.807, 2.05) is 5.32 Å². The van der Waals surface area contributed by atoms with Crippen molar-refractivity contribution in [2.24, 2.45) is 5.73 Å². The van der Waals surface area contributed by atoms with Crippen LogP contribution in [0.3, 0.4) is 0 Å². The Morgan fingerprint density at radius 3 is 1.77 bits per heavy atom. The fourth-order valence-corrected chi connectivity index (χ4v) is 3.49. The summed E-state index contributed by atoms with van der Waals surface area (Å²) in [5, 5.41) is 36.3. The van der Waals surface area contributed by atoms with E-state index < -0.39 is 73.2 Å². The number of nitrogens with one attached hydrogen (secondary N) is 4. The van der Waals surface area contributed by atoms with Crippen molar-refractivity contribution in [2.75, 3.05) is 13.1 Å². The van der Waals surface area contributed by atoms with Crippen molar-refractivity contribution in [3.05, 3.63) is 65.7 Å². The predicted octanol–water partition coefficient (Wildman–Crippen LogP) is -1.73. The standard InChI is InChI=1S/C26H31N5O9/c27-18(10-16-6-8-17(32)9-7-16)24(37)28-13-21(33)30-19(11-15-4-2-1-3-5-15)25(38)29-14-22(34)31-20(26(39)40)12-23(35)36/h1-9,18-20,32H,10-14,27H2,(H,28,37)(H,29,38)(H,30,33)(H,31,34)(H,35,36)(H,39,40). The van der Waals surface area contributed by atoms with Crippen LogP contribution in [0.2, 0.25) is 0 Å². The van der Waals surface area contributed by atoms with E-state index in [0.29, 0.717) is 11.1 Å². The lowest BCUT2D eigenvalue weighted by molar-refractivity contribution is -0.147. The number of carbonyl (C=O) groups excluding carboxylic acids is 4. The highest BCUT2D eigenvalue weighted by Crippen LogP contribution is 2.11. The number of amides is 4. The number of nitrogens with two attached hydrogens (primary N) is 1.